The SMILES string of the molecule is CN[C@@H](C)C(=O)N[C@H](C(=O)N1CCCC[C@H]1C(=O)Cc1cc2c(Nc3ccc(F)c(Cl)c3F)ncnc2cc1OC)C(C)(C)C. The smallest absolute Gasteiger partial charge is 0.246 e. The predicted octanol–water partition coefficient (Wildman–Crippen LogP) is 4.95. The van der Waals surface area contributed by atoms with Crippen molar-refractivity contribution in [1.29, 1.82) is 0 Å². The third-order valence-corrected chi connectivity index (χ3v) is 8.42. The van der Waals surface area contributed by atoms with Crippen molar-refractivity contribution in [2.75, 3.05) is 26.0 Å². The lowest BCUT2D eigenvalue weighted by atomic mass is 9.84. The number of carbonyl (C=O) groups excluding carboxylic acids is 3. The van der Waals surface area contributed by atoms with Crippen LogP contribution in [-0.4, -0.2) is 71.3 Å². The molecule has 0 radical (unpaired) electrons. The molecule has 3 N–H and O–H groups in total. The van der Waals surface area contributed by atoms with Crippen LogP contribution in [0.25, 0.3) is 10.9 Å². The van der Waals surface area contributed by atoms with Gasteiger partial charge in [-0.15, -0.1) is 0 Å². The number of benzene rings is 2. The van der Waals surface area contributed by atoms with Crippen molar-refractivity contribution >= 4 is 51.6 Å². The number of likely N-dealkylation sites (N-methyl/N-ethyl adjacent to an activating group) is 1. The standard InChI is InChI=1S/C32H39ClF2N6O4/c1-17(36-5)30(43)40-28(32(2,3)4)31(44)41-12-8-7-9-23(41)24(42)14-18-13-19-22(15-25(18)45-6)37-16-38-29(19)39-21-11-10-20(34)26(33)27(21)35/h10-11,13,15-17,23,28,36H,7-9,12,14H2,1-6H3,(H,40,43)(H,37,38,39)/t17-,23-,28+/m0/s1. The van der Waals surface area contributed by atoms with Crippen LogP contribution in [0.2, 0.25) is 5.02 Å². The van der Waals surface area contributed by atoms with Gasteiger partial charge in [-0.2, -0.15) is 0 Å². The fraction of sp³-hybridized carbons (Fsp3) is 0.469. The van der Waals surface area contributed by atoms with Gasteiger partial charge in [0.05, 0.1) is 30.4 Å². The number of likely N-dealkylation sites (tertiary alicyclic amines) is 1. The molecule has 4 rings (SSSR count). The Kier molecular flexibility index (Phi) is 10.6. The molecule has 0 aliphatic carbocycles. The van der Waals surface area contributed by atoms with Gasteiger partial charge < -0.3 is 25.6 Å². The lowest BCUT2D eigenvalue weighted by molar-refractivity contribution is -0.146. The van der Waals surface area contributed by atoms with Gasteiger partial charge in [-0.05, 0) is 56.8 Å². The molecule has 45 heavy (non-hydrogen) atoms. The van der Waals surface area contributed by atoms with Gasteiger partial charge in [0, 0.05) is 30.0 Å². The van der Waals surface area contributed by atoms with Gasteiger partial charge in [0.1, 0.15) is 34.8 Å². The van der Waals surface area contributed by atoms with E-state index in [-0.39, 0.29) is 35.5 Å². The average Bonchev–Trinajstić information content (AvgIpc) is 3.02. The van der Waals surface area contributed by atoms with E-state index >= 15 is 0 Å². The van der Waals surface area contributed by atoms with Crippen molar-refractivity contribution in [3.8, 4) is 5.75 Å². The highest BCUT2D eigenvalue weighted by molar-refractivity contribution is 6.31. The van der Waals surface area contributed by atoms with Crippen LogP contribution >= 0.6 is 11.6 Å². The highest BCUT2D eigenvalue weighted by atomic mass is 35.5. The Bertz CT molecular complexity index is 1600. The van der Waals surface area contributed by atoms with E-state index < -0.39 is 40.2 Å². The molecular weight excluding hydrogens is 606 g/mol. The van der Waals surface area contributed by atoms with Gasteiger partial charge in [0.15, 0.2) is 11.6 Å². The van der Waals surface area contributed by atoms with Crippen molar-refractivity contribution in [3.05, 3.63) is 52.8 Å². The van der Waals surface area contributed by atoms with E-state index in [0.29, 0.717) is 35.2 Å². The molecule has 0 bridgehead atoms. The van der Waals surface area contributed by atoms with Crippen LogP contribution in [0.15, 0.2) is 30.6 Å². The zero-order valence-corrected chi connectivity index (χ0v) is 27.0. The fourth-order valence-corrected chi connectivity index (χ4v) is 5.52. The van der Waals surface area contributed by atoms with Crippen LogP contribution in [0.3, 0.4) is 0 Å². The van der Waals surface area contributed by atoms with Crippen molar-refractivity contribution in [2.24, 2.45) is 5.41 Å². The Balaban J connectivity index is 1.64. The summed E-state index contributed by atoms with van der Waals surface area (Å²) in [5, 5.41) is 8.44. The molecule has 2 heterocycles. The topological polar surface area (TPSA) is 126 Å². The van der Waals surface area contributed by atoms with E-state index in [9.17, 15) is 23.2 Å². The number of hydrogen-bond acceptors (Lipinski definition) is 8. The Labute approximate surface area is 266 Å². The van der Waals surface area contributed by atoms with Crippen molar-refractivity contribution in [1.82, 2.24) is 25.5 Å². The zero-order chi connectivity index (χ0) is 33.1. The van der Waals surface area contributed by atoms with Crippen LogP contribution in [0.4, 0.5) is 20.3 Å². The maximum atomic E-state index is 14.7. The third-order valence-electron chi connectivity index (χ3n) is 8.07. The molecule has 242 valence electrons. The molecule has 1 aliphatic heterocycles. The van der Waals surface area contributed by atoms with E-state index in [1.165, 1.54) is 19.5 Å². The second-order valence-corrected chi connectivity index (χ2v) is 12.6. The Hall–Kier alpha value is -3.90. The van der Waals surface area contributed by atoms with E-state index in [0.717, 1.165) is 18.9 Å². The van der Waals surface area contributed by atoms with E-state index in [2.05, 4.69) is 25.9 Å². The normalized spacial score (nSPS) is 16.6. The van der Waals surface area contributed by atoms with Gasteiger partial charge >= 0.3 is 0 Å². The molecule has 0 unspecified atom stereocenters. The number of halogens is 3. The minimum atomic E-state index is -0.973. The van der Waals surface area contributed by atoms with Crippen LogP contribution in [-0.2, 0) is 20.8 Å². The molecule has 0 spiro atoms. The maximum Gasteiger partial charge on any atom is 0.246 e. The van der Waals surface area contributed by atoms with Crippen LogP contribution in [0.5, 0.6) is 5.75 Å². The summed E-state index contributed by atoms with van der Waals surface area (Å²) < 4.78 is 34.0. The summed E-state index contributed by atoms with van der Waals surface area (Å²) in [5.74, 6) is -2.04. The number of anilines is 2. The first-order chi connectivity index (χ1) is 21.3. The van der Waals surface area contributed by atoms with E-state index in [1.54, 1.807) is 31.0 Å². The van der Waals surface area contributed by atoms with Crippen molar-refractivity contribution in [3.63, 3.8) is 0 Å². The quantitative estimate of drug-likeness (QED) is 0.265. The minimum absolute atomic E-state index is 0.0675. The highest BCUT2D eigenvalue weighted by Crippen LogP contribution is 2.34. The summed E-state index contributed by atoms with van der Waals surface area (Å²) >= 11 is 5.76. The van der Waals surface area contributed by atoms with E-state index in [4.69, 9.17) is 16.3 Å². The van der Waals surface area contributed by atoms with Gasteiger partial charge in [-0.25, -0.2) is 18.7 Å². The fourth-order valence-electron chi connectivity index (χ4n) is 5.35. The first-order valence-corrected chi connectivity index (χ1v) is 15.2. The molecule has 10 nitrogen and oxygen atoms in total. The third kappa shape index (κ3) is 7.50. The number of hydrogen-bond donors (Lipinski definition) is 3. The van der Waals surface area contributed by atoms with Crippen LogP contribution in [0, 0.1) is 17.0 Å². The van der Waals surface area contributed by atoms with Gasteiger partial charge in [0.2, 0.25) is 11.8 Å². The summed E-state index contributed by atoms with van der Waals surface area (Å²) in [4.78, 5) is 50.8. The minimum Gasteiger partial charge on any atom is -0.496 e. The molecule has 0 saturated carbocycles. The summed E-state index contributed by atoms with van der Waals surface area (Å²) in [6.45, 7) is 7.73. The van der Waals surface area contributed by atoms with Crippen molar-refractivity contribution < 1.29 is 27.9 Å². The second-order valence-electron chi connectivity index (χ2n) is 12.3. The number of fused-ring (bicyclic) bond motifs is 1. The number of ketones is 1. The molecule has 3 aromatic rings. The number of nitrogens with zero attached hydrogens (tertiary/aromatic N) is 3. The average molecular weight is 645 g/mol. The number of Topliss-reactive ketones (excluding diaryl/α,β-unsaturated/α-hetero) is 1. The molecule has 1 saturated heterocycles. The number of piperidine rings is 1. The first kappa shape index (κ1) is 34.0. The predicted molar refractivity (Wildman–Crippen MR) is 169 cm³/mol. The molecule has 3 atom stereocenters. The van der Waals surface area contributed by atoms with Crippen LogP contribution < -0.4 is 20.7 Å². The largest absolute Gasteiger partial charge is 0.496 e. The summed E-state index contributed by atoms with van der Waals surface area (Å²) in [7, 11) is 3.14. The molecule has 1 aliphatic rings. The summed E-state index contributed by atoms with van der Waals surface area (Å²) in [6, 6.07) is 3.55. The Morgan fingerprint density at radius 2 is 1.89 bits per heavy atom. The number of aromatic nitrogens is 2. The number of nitrogens with one attached hydrogen (secondary N) is 3. The molecule has 13 heteroatoms. The van der Waals surface area contributed by atoms with Gasteiger partial charge in [-0.1, -0.05) is 32.4 Å². The molecular formula is C32H39ClF2N6O4. The van der Waals surface area contributed by atoms with Gasteiger partial charge in [0.25, 0.3) is 0 Å². The van der Waals surface area contributed by atoms with E-state index in [1.807, 2.05) is 20.8 Å². The van der Waals surface area contributed by atoms with Crippen LogP contribution in [0.1, 0.15) is 52.5 Å². The lowest BCUT2D eigenvalue weighted by Crippen LogP contribution is -2.60. The summed E-state index contributed by atoms with van der Waals surface area (Å²) in [6.07, 6.45) is 3.21. The zero-order valence-electron chi connectivity index (χ0n) is 26.3. The molecule has 2 amide bonds. The molecule has 1 aromatic heterocycles. The number of carbonyl (C=O) groups is 3. The molecule has 1 fully saturated rings. The Morgan fingerprint density at radius 1 is 1.16 bits per heavy atom. The maximum absolute atomic E-state index is 14.7. The number of ether oxygens (including phenoxy) is 1. The van der Waals surface area contributed by atoms with Gasteiger partial charge in [-0.3, -0.25) is 14.4 Å². The number of amides is 2. The highest BCUT2D eigenvalue weighted by Gasteiger charge is 2.41. The van der Waals surface area contributed by atoms with Crippen molar-refractivity contribution in [2.45, 2.75) is 71.5 Å². The monoisotopic (exact) mass is 644 g/mol. The Morgan fingerprint density at radius 3 is 2.56 bits per heavy atom. The number of rotatable bonds is 10. The first-order valence-electron chi connectivity index (χ1n) is 14.8. The second kappa shape index (κ2) is 14.0. The summed E-state index contributed by atoms with van der Waals surface area (Å²) in [5.41, 5.74) is 0.288. The number of methoxy groups -OCH3 is 1. The lowest BCUT2D eigenvalue weighted by Gasteiger charge is -2.40. The molecule has 2 aromatic carbocycles.